The van der Waals surface area contributed by atoms with Gasteiger partial charge in [0, 0.05) is 17.0 Å². The summed E-state index contributed by atoms with van der Waals surface area (Å²) in [5, 5.41) is 21.2. The van der Waals surface area contributed by atoms with E-state index in [0.717, 1.165) is 29.1 Å². The van der Waals surface area contributed by atoms with Crippen molar-refractivity contribution in [1.82, 2.24) is 0 Å². The summed E-state index contributed by atoms with van der Waals surface area (Å²) in [6, 6.07) is 15.9. The Bertz CT molecular complexity index is 1020. The molecule has 0 saturated carbocycles. The predicted octanol–water partition coefficient (Wildman–Crippen LogP) is 5.60. The van der Waals surface area contributed by atoms with Crippen LogP contribution in [0, 0.1) is 28.7 Å². The first-order valence-corrected chi connectivity index (χ1v) is 9.05. The number of phenolic OH excluding ortho intramolecular Hbond substituents is 1. The average Bonchev–Trinajstić information content (AvgIpc) is 2.68. The van der Waals surface area contributed by atoms with Gasteiger partial charge in [-0.05, 0) is 42.1 Å². The maximum atomic E-state index is 13.9. The van der Waals surface area contributed by atoms with E-state index >= 15 is 0 Å². The van der Waals surface area contributed by atoms with Crippen LogP contribution in [-0.2, 0) is 6.54 Å². The third kappa shape index (κ3) is 4.23. The second-order valence-corrected chi connectivity index (χ2v) is 7.11. The second-order valence-electron chi connectivity index (χ2n) is 6.05. The monoisotopic (exact) mass is 402 g/mol. The van der Waals surface area contributed by atoms with Gasteiger partial charge >= 0.3 is 0 Å². The third-order valence-corrected chi connectivity index (χ3v) is 5.26. The number of nitro groups is 1. The Kier molecular flexibility index (Phi) is 5.79. The van der Waals surface area contributed by atoms with Crippen molar-refractivity contribution in [3.8, 4) is 5.75 Å². The summed E-state index contributed by atoms with van der Waals surface area (Å²) in [6.07, 6.45) is 0. The van der Waals surface area contributed by atoms with E-state index in [1.807, 2.05) is 30.3 Å². The molecular weight excluding hydrogens is 386 g/mol. The Morgan fingerprint density at radius 3 is 2.50 bits per heavy atom. The molecule has 0 amide bonds. The van der Waals surface area contributed by atoms with Crippen LogP contribution in [0.4, 0.5) is 20.2 Å². The minimum Gasteiger partial charge on any atom is -0.503 e. The molecule has 3 rings (SSSR count). The van der Waals surface area contributed by atoms with Gasteiger partial charge in [0.1, 0.15) is 0 Å². The number of phenols is 1. The molecule has 0 heterocycles. The quantitative estimate of drug-likeness (QED) is 0.330. The van der Waals surface area contributed by atoms with E-state index < -0.39 is 22.3 Å². The lowest BCUT2D eigenvalue weighted by Gasteiger charge is -2.25. The summed E-state index contributed by atoms with van der Waals surface area (Å²) < 4.78 is 28.9. The summed E-state index contributed by atoms with van der Waals surface area (Å²) in [5.41, 5.74) is 1.62. The number of aryl methyl sites for hydroxylation is 1. The number of halogens is 2. The van der Waals surface area contributed by atoms with Gasteiger partial charge in [-0.25, -0.2) is 4.39 Å². The summed E-state index contributed by atoms with van der Waals surface area (Å²) in [7, 11) is 0. The molecule has 144 valence electrons. The molecular formula is C20H16F2N2O3S. The lowest BCUT2D eigenvalue weighted by molar-refractivity contribution is -0.385. The summed E-state index contributed by atoms with van der Waals surface area (Å²) >= 11 is 1.10. The molecule has 0 aliphatic carbocycles. The van der Waals surface area contributed by atoms with Crippen LogP contribution in [-0.4, -0.2) is 10.0 Å². The molecule has 0 spiro atoms. The zero-order chi connectivity index (χ0) is 20.3. The molecule has 28 heavy (non-hydrogen) atoms. The standard InChI is InChI=1S/C20H16F2N2O3S/c1-13-7-8-15(24(26)27)11-18(13)28-23(12-14-5-3-2-4-6-14)17-10-9-16(21)19(22)20(17)25/h2-11,25H,12H2,1H3. The molecule has 0 aliphatic heterocycles. The SMILES string of the molecule is Cc1ccc([N+](=O)[O-])cc1SN(Cc1ccccc1)c1ccc(F)c(F)c1O. The maximum Gasteiger partial charge on any atom is 0.270 e. The Balaban J connectivity index is 2.03. The van der Waals surface area contributed by atoms with Crippen molar-refractivity contribution in [2.75, 3.05) is 4.31 Å². The van der Waals surface area contributed by atoms with Crippen LogP contribution < -0.4 is 4.31 Å². The van der Waals surface area contributed by atoms with Crippen molar-refractivity contribution >= 4 is 23.3 Å². The van der Waals surface area contributed by atoms with Gasteiger partial charge < -0.3 is 9.41 Å². The molecule has 0 bridgehead atoms. The van der Waals surface area contributed by atoms with Crippen LogP contribution in [0.2, 0.25) is 0 Å². The Morgan fingerprint density at radius 1 is 1.11 bits per heavy atom. The highest BCUT2D eigenvalue weighted by Crippen LogP contribution is 2.40. The summed E-state index contributed by atoms with van der Waals surface area (Å²) in [4.78, 5) is 11.2. The molecule has 0 atom stereocenters. The molecule has 3 aromatic rings. The van der Waals surface area contributed by atoms with E-state index in [2.05, 4.69) is 0 Å². The Hall–Kier alpha value is -3.13. The van der Waals surface area contributed by atoms with Gasteiger partial charge in [-0.2, -0.15) is 4.39 Å². The van der Waals surface area contributed by atoms with Gasteiger partial charge in [-0.15, -0.1) is 0 Å². The normalized spacial score (nSPS) is 10.7. The first kappa shape index (κ1) is 19.6. The van der Waals surface area contributed by atoms with Crippen LogP contribution in [0.5, 0.6) is 5.75 Å². The number of aromatic hydroxyl groups is 1. The number of hydrogen-bond donors (Lipinski definition) is 1. The van der Waals surface area contributed by atoms with Crippen molar-refractivity contribution in [3.63, 3.8) is 0 Å². The van der Waals surface area contributed by atoms with Crippen LogP contribution in [0.15, 0.2) is 65.6 Å². The number of non-ortho nitro benzene ring substituents is 1. The number of nitro benzene ring substituents is 1. The van der Waals surface area contributed by atoms with E-state index in [9.17, 15) is 24.0 Å². The fourth-order valence-electron chi connectivity index (χ4n) is 2.57. The van der Waals surface area contributed by atoms with Gasteiger partial charge in [0.25, 0.3) is 5.69 Å². The maximum absolute atomic E-state index is 13.9. The van der Waals surface area contributed by atoms with Gasteiger partial charge in [-0.1, -0.05) is 36.4 Å². The van der Waals surface area contributed by atoms with Crippen LogP contribution >= 0.6 is 11.9 Å². The smallest absolute Gasteiger partial charge is 0.270 e. The first-order chi connectivity index (χ1) is 13.4. The van der Waals surface area contributed by atoms with Crippen molar-refractivity contribution in [2.45, 2.75) is 18.4 Å². The molecule has 0 saturated heterocycles. The van der Waals surface area contributed by atoms with E-state index in [4.69, 9.17) is 0 Å². The van der Waals surface area contributed by atoms with Gasteiger partial charge in [0.15, 0.2) is 11.6 Å². The van der Waals surface area contributed by atoms with Crippen LogP contribution in [0.1, 0.15) is 11.1 Å². The molecule has 0 unspecified atom stereocenters. The third-order valence-electron chi connectivity index (χ3n) is 4.08. The first-order valence-electron chi connectivity index (χ1n) is 8.28. The zero-order valence-electron chi connectivity index (χ0n) is 14.8. The van der Waals surface area contributed by atoms with Crippen molar-refractivity contribution in [3.05, 3.63) is 93.5 Å². The van der Waals surface area contributed by atoms with Crippen molar-refractivity contribution < 1.29 is 18.8 Å². The topological polar surface area (TPSA) is 66.6 Å². The molecule has 3 aromatic carbocycles. The number of anilines is 1. The minimum atomic E-state index is -1.34. The molecule has 1 N–H and O–H groups in total. The van der Waals surface area contributed by atoms with Crippen LogP contribution in [0.3, 0.4) is 0 Å². The molecule has 0 fully saturated rings. The number of nitrogens with zero attached hydrogens (tertiary/aromatic N) is 2. The highest BCUT2D eigenvalue weighted by Gasteiger charge is 2.21. The lowest BCUT2D eigenvalue weighted by atomic mass is 10.2. The van der Waals surface area contributed by atoms with E-state index in [1.165, 1.54) is 18.2 Å². The zero-order valence-corrected chi connectivity index (χ0v) is 15.6. The van der Waals surface area contributed by atoms with Gasteiger partial charge in [0.2, 0.25) is 5.82 Å². The lowest BCUT2D eigenvalue weighted by Crippen LogP contribution is -2.15. The largest absolute Gasteiger partial charge is 0.503 e. The van der Waals surface area contributed by atoms with Crippen molar-refractivity contribution in [1.29, 1.82) is 0 Å². The van der Waals surface area contributed by atoms with Crippen LogP contribution in [0.25, 0.3) is 0 Å². The molecule has 0 radical (unpaired) electrons. The highest BCUT2D eigenvalue weighted by molar-refractivity contribution is 8.00. The highest BCUT2D eigenvalue weighted by atomic mass is 32.2. The van der Waals surface area contributed by atoms with Crippen molar-refractivity contribution in [2.24, 2.45) is 0 Å². The number of rotatable bonds is 6. The molecule has 0 aliphatic rings. The van der Waals surface area contributed by atoms with Gasteiger partial charge in [-0.3, -0.25) is 10.1 Å². The Labute approximate surface area is 164 Å². The molecule has 8 heteroatoms. The molecule has 0 aromatic heterocycles. The number of benzene rings is 3. The second kappa shape index (κ2) is 8.26. The average molecular weight is 402 g/mol. The number of hydrogen-bond acceptors (Lipinski definition) is 5. The van der Waals surface area contributed by atoms with E-state index in [0.29, 0.717) is 4.90 Å². The predicted molar refractivity (Wildman–Crippen MR) is 104 cm³/mol. The van der Waals surface area contributed by atoms with E-state index in [-0.39, 0.29) is 17.9 Å². The summed E-state index contributed by atoms with van der Waals surface area (Å²) in [6.45, 7) is 2.05. The fourth-order valence-corrected chi connectivity index (χ4v) is 3.65. The Morgan fingerprint density at radius 2 is 1.82 bits per heavy atom. The van der Waals surface area contributed by atoms with Gasteiger partial charge in [0.05, 0.1) is 17.2 Å². The minimum absolute atomic E-state index is 0.0682. The molecule has 5 nitrogen and oxygen atoms in total. The van der Waals surface area contributed by atoms with E-state index in [1.54, 1.807) is 17.3 Å². The fraction of sp³-hybridized carbons (Fsp3) is 0.100. The summed E-state index contributed by atoms with van der Waals surface area (Å²) in [5.74, 6) is -3.31.